The van der Waals surface area contributed by atoms with Crippen molar-refractivity contribution in [3.05, 3.63) is 59.2 Å². The third kappa shape index (κ3) is 1.22. The SMILES string of the molecule is C1=CC2CCc3ccccc3CC2=C1. The number of aryl methyl sites for hydroxylation is 1. The zero-order valence-electron chi connectivity index (χ0n) is 8.24. The fourth-order valence-corrected chi connectivity index (χ4v) is 2.54. The molecule has 0 radical (unpaired) electrons. The Bertz CT molecular complexity index is 410. The van der Waals surface area contributed by atoms with Gasteiger partial charge in [0.05, 0.1) is 0 Å². The zero-order valence-corrected chi connectivity index (χ0v) is 8.24. The minimum atomic E-state index is 0.724. The van der Waals surface area contributed by atoms with Gasteiger partial charge in [0.25, 0.3) is 0 Å². The summed E-state index contributed by atoms with van der Waals surface area (Å²) in [6.45, 7) is 0. The Kier molecular flexibility index (Phi) is 1.80. The summed E-state index contributed by atoms with van der Waals surface area (Å²) >= 11 is 0. The molecule has 1 atom stereocenters. The van der Waals surface area contributed by atoms with E-state index in [0.717, 1.165) is 12.3 Å². The van der Waals surface area contributed by atoms with Crippen LogP contribution in [0, 0.1) is 5.92 Å². The van der Waals surface area contributed by atoms with Gasteiger partial charge >= 0.3 is 0 Å². The molecule has 0 bridgehead atoms. The first-order valence-electron chi connectivity index (χ1n) is 5.37. The lowest BCUT2D eigenvalue weighted by Gasteiger charge is -2.07. The maximum atomic E-state index is 2.35. The minimum absolute atomic E-state index is 0.724. The van der Waals surface area contributed by atoms with Crippen LogP contribution in [0.2, 0.25) is 0 Å². The van der Waals surface area contributed by atoms with Crippen LogP contribution in [0.4, 0.5) is 0 Å². The fourth-order valence-electron chi connectivity index (χ4n) is 2.54. The average molecular weight is 182 g/mol. The summed E-state index contributed by atoms with van der Waals surface area (Å²) in [6.07, 6.45) is 10.6. The van der Waals surface area contributed by atoms with Gasteiger partial charge in [-0.25, -0.2) is 0 Å². The van der Waals surface area contributed by atoms with E-state index >= 15 is 0 Å². The molecule has 0 aromatic heterocycles. The summed E-state index contributed by atoms with van der Waals surface area (Å²) in [5, 5.41) is 0. The van der Waals surface area contributed by atoms with Gasteiger partial charge in [0, 0.05) is 0 Å². The van der Waals surface area contributed by atoms with Crippen LogP contribution in [-0.4, -0.2) is 0 Å². The zero-order chi connectivity index (χ0) is 9.38. The number of rotatable bonds is 0. The highest BCUT2D eigenvalue weighted by atomic mass is 14.2. The van der Waals surface area contributed by atoms with Gasteiger partial charge in [-0.05, 0) is 36.3 Å². The molecular weight excluding hydrogens is 168 g/mol. The first kappa shape index (κ1) is 8.05. The molecule has 0 heteroatoms. The summed E-state index contributed by atoms with van der Waals surface area (Å²) in [5.74, 6) is 0.724. The highest BCUT2D eigenvalue weighted by Gasteiger charge is 2.19. The molecule has 0 fully saturated rings. The molecule has 2 aliphatic rings. The number of hydrogen-bond acceptors (Lipinski definition) is 0. The molecule has 1 aromatic rings. The topological polar surface area (TPSA) is 0 Å². The second-order valence-electron chi connectivity index (χ2n) is 4.22. The van der Waals surface area contributed by atoms with Gasteiger partial charge in [-0.1, -0.05) is 48.1 Å². The Hall–Kier alpha value is -1.30. The molecule has 0 saturated heterocycles. The van der Waals surface area contributed by atoms with E-state index < -0.39 is 0 Å². The average Bonchev–Trinajstić information content (AvgIpc) is 2.58. The first-order valence-corrected chi connectivity index (χ1v) is 5.37. The van der Waals surface area contributed by atoms with E-state index in [0.29, 0.717) is 0 Å². The van der Waals surface area contributed by atoms with Crippen molar-refractivity contribution in [1.82, 2.24) is 0 Å². The minimum Gasteiger partial charge on any atom is -0.0773 e. The number of benzene rings is 1. The van der Waals surface area contributed by atoms with Gasteiger partial charge in [0.15, 0.2) is 0 Å². The summed E-state index contributed by atoms with van der Waals surface area (Å²) in [7, 11) is 0. The van der Waals surface area contributed by atoms with Gasteiger partial charge < -0.3 is 0 Å². The van der Waals surface area contributed by atoms with E-state index in [2.05, 4.69) is 42.5 Å². The van der Waals surface area contributed by atoms with Crippen LogP contribution in [0.15, 0.2) is 48.1 Å². The van der Waals surface area contributed by atoms with Gasteiger partial charge in [0.2, 0.25) is 0 Å². The van der Waals surface area contributed by atoms with E-state index in [1.165, 1.54) is 18.4 Å². The smallest absolute Gasteiger partial charge is 0.00105 e. The van der Waals surface area contributed by atoms with E-state index in [-0.39, 0.29) is 0 Å². The molecule has 14 heavy (non-hydrogen) atoms. The van der Waals surface area contributed by atoms with Crippen LogP contribution < -0.4 is 0 Å². The molecule has 0 nitrogen and oxygen atoms in total. The highest BCUT2D eigenvalue weighted by Crippen LogP contribution is 2.32. The predicted molar refractivity (Wildman–Crippen MR) is 59.2 cm³/mol. The van der Waals surface area contributed by atoms with Gasteiger partial charge in [-0.3, -0.25) is 0 Å². The van der Waals surface area contributed by atoms with Crippen molar-refractivity contribution in [3.63, 3.8) is 0 Å². The van der Waals surface area contributed by atoms with E-state index in [9.17, 15) is 0 Å². The molecule has 0 N–H and O–H groups in total. The number of allylic oxidation sites excluding steroid dienone is 4. The molecular formula is C14H14. The Morgan fingerprint density at radius 3 is 2.86 bits per heavy atom. The predicted octanol–water partition coefficient (Wildman–Crippen LogP) is 3.29. The summed E-state index contributed by atoms with van der Waals surface area (Å²) < 4.78 is 0. The van der Waals surface area contributed by atoms with Gasteiger partial charge in [-0.15, -0.1) is 0 Å². The molecule has 2 aliphatic carbocycles. The van der Waals surface area contributed by atoms with E-state index in [1.54, 1.807) is 11.1 Å². The van der Waals surface area contributed by atoms with Crippen LogP contribution in [0.25, 0.3) is 0 Å². The Balaban J connectivity index is 2.01. The van der Waals surface area contributed by atoms with Crippen molar-refractivity contribution in [2.75, 3.05) is 0 Å². The Morgan fingerprint density at radius 1 is 1.07 bits per heavy atom. The lowest BCUT2D eigenvalue weighted by Crippen LogP contribution is -1.97. The van der Waals surface area contributed by atoms with E-state index in [4.69, 9.17) is 0 Å². The van der Waals surface area contributed by atoms with Crippen molar-refractivity contribution in [2.24, 2.45) is 5.92 Å². The standard InChI is InChI=1S/C14H14/c1-2-5-13-10-14-7-3-6-12(14)9-8-11(13)4-1/h1-7,12H,8-10H2. The number of hydrogen-bond donors (Lipinski definition) is 0. The molecule has 3 rings (SSSR count). The summed E-state index contributed by atoms with van der Waals surface area (Å²) in [4.78, 5) is 0. The van der Waals surface area contributed by atoms with Crippen molar-refractivity contribution in [1.29, 1.82) is 0 Å². The highest BCUT2D eigenvalue weighted by molar-refractivity contribution is 5.39. The molecule has 1 aromatic carbocycles. The quantitative estimate of drug-likeness (QED) is 0.577. The van der Waals surface area contributed by atoms with Crippen molar-refractivity contribution in [2.45, 2.75) is 19.3 Å². The monoisotopic (exact) mass is 182 g/mol. The maximum absolute atomic E-state index is 2.35. The number of fused-ring (bicyclic) bond motifs is 2. The van der Waals surface area contributed by atoms with Crippen LogP contribution in [-0.2, 0) is 12.8 Å². The normalized spacial score (nSPS) is 23.7. The Labute approximate surface area is 85.0 Å². The summed E-state index contributed by atoms with van der Waals surface area (Å²) in [5.41, 5.74) is 4.69. The van der Waals surface area contributed by atoms with E-state index in [1.807, 2.05) is 0 Å². The van der Waals surface area contributed by atoms with Crippen molar-refractivity contribution < 1.29 is 0 Å². The molecule has 0 spiro atoms. The lowest BCUT2D eigenvalue weighted by molar-refractivity contribution is 0.688. The lowest BCUT2D eigenvalue weighted by atomic mass is 9.97. The third-order valence-electron chi connectivity index (χ3n) is 3.37. The molecule has 70 valence electrons. The van der Waals surface area contributed by atoms with Gasteiger partial charge in [0.1, 0.15) is 0 Å². The third-order valence-corrected chi connectivity index (χ3v) is 3.37. The van der Waals surface area contributed by atoms with Crippen LogP contribution in [0.3, 0.4) is 0 Å². The molecule has 0 saturated carbocycles. The van der Waals surface area contributed by atoms with Gasteiger partial charge in [-0.2, -0.15) is 0 Å². The summed E-state index contributed by atoms with van der Waals surface area (Å²) in [6, 6.07) is 8.86. The molecule has 0 heterocycles. The van der Waals surface area contributed by atoms with Crippen LogP contribution >= 0.6 is 0 Å². The largest absolute Gasteiger partial charge is 0.0773 e. The maximum Gasteiger partial charge on any atom is -0.00105 e. The molecule has 0 aliphatic heterocycles. The Morgan fingerprint density at radius 2 is 1.93 bits per heavy atom. The second-order valence-corrected chi connectivity index (χ2v) is 4.22. The van der Waals surface area contributed by atoms with Crippen molar-refractivity contribution >= 4 is 0 Å². The molecule has 0 amide bonds. The van der Waals surface area contributed by atoms with Crippen LogP contribution in [0.1, 0.15) is 17.5 Å². The van der Waals surface area contributed by atoms with Crippen LogP contribution in [0.5, 0.6) is 0 Å². The van der Waals surface area contributed by atoms with Crippen molar-refractivity contribution in [3.8, 4) is 0 Å². The second kappa shape index (κ2) is 3.13. The fraction of sp³-hybridized carbons (Fsp3) is 0.286. The first-order chi connectivity index (χ1) is 6.93. The molecule has 1 unspecified atom stereocenters.